The van der Waals surface area contributed by atoms with Crippen molar-refractivity contribution < 1.29 is 0 Å². The van der Waals surface area contributed by atoms with E-state index in [9.17, 15) is 0 Å². The molecule has 1 saturated heterocycles. The summed E-state index contributed by atoms with van der Waals surface area (Å²) in [7, 11) is 2.11. The van der Waals surface area contributed by atoms with E-state index in [0.717, 1.165) is 13.1 Å². The largest absolute Gasteiger partial charge is 0.337 e. The van der Waals surface area contributed by atoms with E-state index in [0.29, 0.717) is 5.92 Å². The minimum Gasteiger partial charge on any atom is -0.337 e. The van der Waals surface area contributed by atoms with Gasteiger partial charge in [0.2, 0.25) is 0 Å². The zero-order valence-electron chi connectivity index (χ0n) is 10.0. The van der Waals surface area contributed by atoms with Crippen LogP contribution in [0.2, 0.25) is 0 Å². The molecule has 0 amide bonds. The maximum absolute atomic E-state index is 4.59. The fourth-order valence-corrected chi connectivity index (χ4v) is 3.35. The van der Waals surface area contributed by atoms with Gasteiger partial charge in [-0.3, -0.25) is 0 Å². The summed E-state index contributed by atoms with van der Waals surface area (Å²) in [6.07, 6.45) is 4.39. The van der Waals surface area contributed by atoms with Gasteiger partial charge < -0.3 is 9.88 Å². The van der Waals surface area contributed by atoms with Gasteiger partial charge in [0.25, 0.3) is 0 Å². The number of thiophene rings is 1. The quantitative estimate of drug-likeness (QED) is 0.884. The molecule has 0 bridgehead atoms. The molecule has 1 aliphatic rings. The SMILES string of the molecule is Cn1cnc(-c2cccs2)c1C1CCNCC1. The van der Waals surface area contributed by atoms with Crippen molar-refractivity contribution in [3.05, 3.63) is 29.5 Å². The van der Waals surface area contributed by atoms with Gasteiger partial charge in [0, 0.05) is 18.7 Å². The van der Waals surface area contributed by atoms with Gasteiger partial charge in [-0.25, -0.2) is 4.98 Å². The molecule has 1 fully saturated rings. The molecule has 2 aromatic heterocycles. The van der Waals surface area contributed by atoms with E-state index in [1.807, 2.05) is 6.33 Å². The average molecular weight is 247 g/mol. The van der Waals surface area contributed by atoms with Gasteiger partial charge in [-0.2, -0.15) is 0 Å². The second-order valence-corrected chi connectivity index (χ2v) is 5.54. The molecule has 0 aliphatic carbocycles. The van der Waals surface area contributed by atoms with E-state index in [-0.39, 0.29) is 0 Å². The third-order valence-corrected chi connectivity index (χ3v) is 4.34. The Bertz CT molecular complexity index is 481. The van der Waals surface area contributed by atoms with Crippen molar-refractivity contribution in [3.8, 4) is 10.6 Å². The molecule has 17 heavy (non-hydrogen) atoms. The summed E-state index contributed by atoms with van der Waals surface area (Å²) in [6.45, 7) is 2.25. The predicted octanol–water partition coefficient (Wildman–Crippen LogP) is 2.62. The first-order chi connectivity index (χ1) is 8.36. The second kappa shape index (κ2) is 4.63. The fraction of sp³-hybridized carbons (Fsp3) is 0.462. The fourth-order valence-electron chi connectivity index (χ4n) is 2.62. The normalized spacial score (nSPS) is 17.5. The highest BCUT2D eigenvalue weighted by atomic mass is 32.1. The lowest BCUT2D eigenvalue weighted by Crippen LogP contribution is -2.27. The zero-order chi connectivity index (χ0) is 11.7. The van der Waals surface area contributed by atoms with Crippen LogP contribution in [0.3, 0.4) is 0 Å². The molecule has 0 saturated carbocycles. The van der Waals surface area contributed by atoms with Crippen LogP contribution in [0.4, 0.5) is 0 Å². The smallest absolute Gasteiger partial charge is 0.102 e. The number of piperidine rings is 1. The van der Waals surface area contributed by atoms with Crippen molar-refractivity contribution in [2.45, 2.75) is 18.8 Å². The lowest BCUT2D eigenvalue weighted by atomic mass is 9.93. The number of nitrogens with one attached hydrogen (secondary N) is 1. The summed E-state index contributed by atoms with van der Waals surface area (Å²) in [5.41, 5.74) is 2.60. The van der Waals surface area contributed by atoms with Crippen molar-refractivity contribution in [1.29, 1.82) is 0 Å². The third kappa shape index (κ3) is 2.03. The topological polar surface area (TPSA) is 29.9 Å². The van der Waals surface area contributed by atoms with Crippen molar-refractivity contribution >= 4 is 11.3 Å². The molecule has 3 heterocycles. The summed E-state index contributed by atoms with van der Waals surface area (Å²) in [4.78, 5) is 5.88. The highest BCUT2D eigenvalue weighted by Crippen LogP contribution is 2.34. The van der Waals surface area contributed by atoms with Gasteiger partial charge in [0.05, 0.1) is 11.2 Å². The summed E-state index contributed by atoms with van der Waals surface area (Å²) in [6, 6.07) is 4.26. The molecule has 4 heteroatoms. The Hall–Kier alpha value is -1.13. The van der Waals surface area contributed by atoms with E-state index >= 15 is 0 Å². The van der Waals surface area contributed by atoms with Gasteiger partial charge in [-0.05, 0) is 37.4 Å². The van der Waals surface area contributed by atoms with Gasteiger partial charge >= 0.3 is 0 Å². The van der Waals surface area contributed by atoms with E-state index in [1.165, 1.54) is 29.1 Å². The number of hydrogen-bond acceptors (Lipinski definition) is 3. The predicted molar refractivity (Wildman–Crippen MR) is 71.4 cm³/mol. The average Bonchev–Trinajstić information content (AvgIpc) is 2.98. The molecule has 0 aromatic carbocycles. The highest BCUT2D eigenvalue weighted by molar-refractivity contribution is 7.13. The molecular formula is C13H17N3S. The Labute approximate surface area is 106 Å². The first kappa shape index (κ1) is 11.0. The number of nitrogens with zero attached hydrogens (tertiary/aromatic N) is 2. The number of aromatic nitrogens is 2. The van der Waals surface area contributed by atoms with Crippen LogP contribution in [0.1, 0.15) is 24.5 Å². The van der Waals surface area contributed by atoms with Crippen molar-refractivity contribution in [1.82, 2.24) is 14.9 Å². The third-order valence-electron chi connectivity index (χ3n) is 3.46. The molecule has 0 spiro atoms. The van der Waals surface area contributed by atoms with Gasteiger partial charge in [0.15, 0.2) is 0 Å². The monoisotopic (exact) mass is 247 g/mol. The summed E-state index contributed by atoms with van der Waals surface area (Å²) in [5.74, 6) is 0.654. The number of aryl methyl sites for hydroxylation is 1. The van der Waals surface area contributed by atoms with E-state index in [2.05, 4.69) is 39.4 Å². The first-order valence-corrected chi connectivity index (χ1v) is 7.00. The standard InChI is InChI=1S/C13H17N3S/c1-16-9-15-12(11-3-2-8-17-11)13(16)10-4-6-14-7-5-10/h2-3,8-10,14H,4-7H2,1H3. The first-order valence-electron chi connectivity index (χ1n) is 6.12. The van der Waals surface area contributed by atoms with E-state index in [1.54, 1.807) is 11.3 Å². The van der Waals surface area contributed by atoms with Crippen LogP contribution in [-0.4, -0.2) is 22.6 Å². The molecule has 1 N–H and O–H groups in total. The molecule has 1 aliphatic heterocycles. The minimum atomic E-state index is 0.654. The zero-order valence-corrected chi connectivity index (χ0v) is 10.8. The Kier molecular flexibility index (Phi) is 2.99. The Morgan fingerprint density at radius 1 is 1.41 bits per heavy atom. The van der Waals surface area contributed by atoms with E-state index < -0.39 is 0 Å². The van der Waals surface area contributed by atoms with Crippen LogP contribution in [-0.2, 0) is 7.05 Å². The van der Waals surface area contributed by atoms with Gasteiger partial charge in [0.1, 0.15) is 5.69 Å². The minimum absolute atomic E-state index is 0.654. The molecule has 0 radical (unpaired) electrons. The number of hydrogen-bond donors (Lipinski definition) is 1. The molecule has 0 atom stereocenters. The van der Waals surface area contributed by atoms with Crippen LogP contribution in [0.15, 0.2) is 23.8 Å². The molecule has 0 unspecified atom stereocenters. The highest BCUT2D eigenvalue weighted by Gasteiger charge is 2.23. The van der Waals surface area contributed by atoms with Gasteiger partial charge in [-0.1, -0.05) is 6.07 Å². The Morgan fingerprint density at radius 2 is 2.24 bits per heavy atom. The molecular weight excluding hydrogens is 230 g/mol. The Morgan fingerprint density at radius 3 is 2.94 bits per heavy atom. The summed E-state index contributed by atoms with van der Waals surface area (Å²) >= 11 is 1.78. The van der Waals surface area contributed by atoms with Gasteiger partial charge in [-0.15, -0.1) is 11.3 Å². The van der Waals surface area contributed by atoms with Crippen LogP contribution in [0, 0.1) is 0 Å². The van der Waals surface area contributed by atoms with Crippen molar-refractivity contribution in [2.24, 2.45) is 7.05 Å². The second-order valence-electron chi connectivity index (χ2n) is 4.59. The lowest BCUT2D eigenvalue weighted by Gasteiger charge is -2.23. The van der Waals surface area contributed by atoms with Crippen LogP contribution in [0.5, 0.6) is 0 Å². The molecule has 2 aromatic rings. The molecule has 3 rings (SSSR count). The number of rotatable bonds is 2. The van der Waals surface area contributed by atoms with Crippen LogP contribution < -0.4 is 5.32 Å². The maximum Gasteiger partial charge on any atom is 0.102 e. The number of imidazole rings is 1. The Balaban J connectivity index is 2.00. The molecule has 90 valence electrons. The van der Waals surface area contributed by atoms with Crippen molar-refractivity contribution in [2.75, 3.05) is 13.1 Å². The lowest BCUT2D eigenvalue weighted by molar-refractivity contribution is 0.446. The maximum atomic E-state index is 4.59. The van der Waals surface area contributed by atoms with Crippen LogP contribution >= 0.6 is 11.3 Å². The summed E-state index contributed by atoms with van der Waals surface area (Å²) in [5, 5.41) is 5.54. The van der Waals surface area contributed by atoms with E-state index in [4.69, 9.17) is 0 Å². The van der Waals surface area contributed by atoms with Crippen molar-refractivity contribution in [3.63, 3.8) is 0 Å². The summed E-state index contributed by atoms with van der Waals surface area (Å²) < 4.78 is 2.20. The van der Waals surface area contributed by atoms with Crippen LogP contribution in [0.25, 0.3) is 10.6 Å². The molecule has 3 nitrogen and oxygen atoms in total.